The van der Waals surface area contributed by atoms with Crippen LogP contribution in [-0.2, 0) is 5.41 Å². The van der Waals surface area contributed by atoms with Gasteiger partial charge in [-0.1, -0.05) is 46.9 Å². The fourth-order valence-electron chi connectivity index (χ4n) is 2.02. The molecule has 4 nitrogen and oxygen atoms in total. The number of phenols is 1. The van der Waals surface area contributed by atoms with Crippen LogP contribution in [0.25, 0.3) is 0 Å². The van der Waals surface area contributed by atoms with Gasteiger partial charge in [0, 0.05) is 5.69 Å². The van der Waals surface area contributed by atoms with Crippen molar-refractivity contribution in [2.45, 2.75) is 19.3 Å². The molecule has 2 rings (SSSR count). The minimum atomic E-state index is -0.644. The molecule has 0 fully saturated rings. The quantitative estimate of drug-likeness (QED) is 0.696. The zero-order chi connectivity index (χ0) is 18.1. The van der Waals surface area contributed by atoms with Gasteiger partial charge in [0.25, 0.3) is 5.91 Å². The lowest BCUT2D eigenvalue weighted by molar-refractivity contribution is 0.102. The molecule has 0 aliphatic rings. The molecule has 2 N–H and O–H groups in total. The minimum Gasteiger partial charge on any atom is -0.505 e. The largest absolute Gasteiger partial charge is 0.505 e. The molecular weight excluding hydrogens is 371 g/mol. The summed E-state index contributed by atoms with van der Waals surface area (Å²) in [4.78, 5) is 12.4. The van der Waals surface area contributed by atoms with E-state index in [-0.39, 0.29) is 20.6 Å². The Balaban J connectivity index is 2.30. The number of benzene rings is 2. The second-order valence-corrected chi connectivity index (χ2v) is 6.84. The molecule has 2 aromatic carbocycles. The van der Waals surface area contributed by atoms with Gasteiger partial charge in [-0.3, -0.25) is 4.79 Å². The van der Waals surface area contributed by atoms with Gasteiger partial charge in [0.1, 0.15) is 11.3 Å². The van der Waals surface area contributed by atoms with E-state index in [1.807, 2.05) is 0 Å². The number of halogens is 3. The second-order valence-electron chi connectivity index (χ2n) is 5.65. The first-order valence-electron chi connectivity index (χ1n) is 6.87. The average Bonchev–Trinajstić information content (AvgIpc) is 2.54. The first-order chi connectivity index (χ1) is 11.2. The molecule has 7 heteroatoms. The molecule has 0 atom stereocenters. The molecular formula is C17H13Cl3N2O2. The van der Waals surface area contributed by atoms with E-state index >= 15 is 0 Å². The number of rotatable bonds is 3. The van der Waals surface area contributed by atoms with Gasteiger partial charge in [-0.15, -0.1) is 0 Å². The smallest absolute Gasteiger partial charge is 0.261 e. The van der Waals surface area contributed by atoms with Crippen molar-refractivity contribution in [3.8, 4) is 11.8 Å². The van der Waals surface area contributed by atoms with Gasteiger partial charge in [0.05, 0.1) is 26.6 Å². The van der Waals surface area contributed by atoms with Crippen molar-refractivity contribution in [2.75, 3.05) is 5.32 Å². The Labute approximate surface area is 154 Å². The topological polar surface area (TPSA) is 73.1 Å². The van der Waals surface area contributed by atoms with Gasteiger partial charge >= 0.3 is 0 Å². The highest BCUT2D eigenvalue weighted by Gasteiger charge is 2.22. The van der Waals surface area contributed by atoms with E-state index in [4.69, 9.17) is 40.1 Å². The number of nitriles is 1. The Morgan fingerprint density at radius 2 is 1.75 bits per heavy atom. The van der Waals surface area contributed by atoms with Gasteiger partial charge in [-0.25, -0.2) is 0 Å². The third-order valence-electron chi connectivity index (χ3n) is 3.52. The molecule has 0 spiro atoms. The van der Waals surface area contributed by atoms with Gasteiger partial charge in [0.2, 0.25) is 0 Å². The highest BCUT2D eigenvalue weighted by Crippen LogP contribution is 2.38. The zero-order valence-corrected chi connectivity index (χ0v) is 15.1. The SMILES string of the molecule is CC(C)(C#N)c1ccc(NC(=O)c2c(O)c(Cl)cc(Cl)c2Cl)cc1. The summed E-state index contributed by atoms with van der Waals surface area (Å²) in [6.45, 7) is 3.60. The Morgan fingerprint density at radius 3 is 2.29 bits per heavy atom. The van der Waals surface area contributed by atoms with Crippen LogP contribution in [-0.4, -0.2) is 11.0 Å². The number of hydrogen-bond donors (Lipinski definition) is 2. The van der Waals surface area contributed by atoms with Crippen molar-refractivity contribution in [1.82, 2.24) is 0 Å². The van der Waals surface area contributed by atoms with Gasteiger partial charge in [-0.05, 0) is 37.6 Å². The zero-order valence-electron chi connectivity index (χ0n) is 12.8. The molecule has 2 aromatic rings. The standard InChI is InChI=1S/C17H13Cl3N2O2/c1-17(2,8-21)9-3-5-10(6-4-9)22-16(24)13-14(20)11(18)7-12(19)15(13)23/h3-7,23H,1-2H3,(H,22,24). The Bertz CT molecular complexity index is 814. The maximum atomic E-state index is 12.4. The first-order valence-corrected chi connectivity index (χ1v) is 8.00. The molecule has 0 aliphatic heterocycles. The van der Waals surface area contributed by atoms with E-state index in [0.29, 0.717) is 5.69 Å². The first kappa shape index (κ1) is 18.4. The summed E-state index contributed by atoms with van der Waals surface area (Å²) in [5, 5.41) is 21.6. The lowest BCUT2D eigenvalue weighted by Gasteiger charge is -2.16. The molecule has 24 heavy (non-hydrogen) atoms. The highest BCUT2D eigenvalue weighted by molar-refractivity contribution is 6.46. The average molecular weight is 384 g/mol. The Hall–Kier alpha value is -1.93. The summed E-state index contributed by atoms with van der Waals surface area (Å²) in [5.74, 6) is -1.08. The molecule has 0 saturated carbocycles. The van der Waals surface area contributed by atoms with Crippen LogP contribution in [0, 0.1) is 11.3 Å². The number of phenolic OH excluding ortho intramolecular Hbond substituents is 1. The van der Waals surface area contributed by atoms with E-state index in [1.165, 1.54) is 6.07 Å². The molecule has 1 amide bonds. The predicted octanol–water partition coefficient (Wildman–Crippen LogP) is 5.41. The summed E-state index contributed by atoms with van der Waals surface area (Å²) in [6, 6.07) is 10.3. The van der Waals surface area contributed by atoms with Crippen LogP contribution < -0.4 is 5.32 Å². The number of amides is 1. The van der Waals surface area contributed by atoms with Crippen LogP contribution in [0.3, 0.4) is 0 Å². The van der Waals surface area contributed by atoms with Crippen LogP contribution in [0.2, 0.25) is 15.1 Å². The normalized spacial score (nSPS) is 11.0. The van der Waals surface area contributed by atoms with E-state index < -0.39 is 17.1 Å². The summed E-state index contributed by atoms with van der Waals surface area (Å²) in [5.41, 5.74) is 0.458. The fraction of sp³-hybridized carbons (Fsp3) is 0.176. The fourth-order valence-corrected chi connectivity index (χ4v) is 2.71. The van der Waals surface area contributed by atoms with Crippen LogP contribution in [0.1, 0.15) is 29.8 Å². The van der Waals surface area contributed by atoms with Crippen molar-refractivity contribution < 1.29 is 9.90 Å². The molecule has 0 saturated heterocycles. The maximum absolute atomic E-state index is 12.4. The van der Waals surface area contributed by atoms with Crippen LogP contribution >= 0.6 is 34.8 Å². The molecule has 0 radical (unpaired) electrons. The number of nitrogens with one attached hydrogen (secondary N) is 1. The van der Waals surface area contributed by atoms with Crippen molar-refractivity contribution in [3.05, 3.63) is 56.5 Å². The van der Waals surface area contributed by atoms with E-state index in [1.54, 1.807) is 38.1 Å². The lowest BCUT2D eigenvalue weighted by atomic mass is 9.86. The number of carbonyl (C=O) groups is 1. The Morgan fingerprint density at radius 1 is 1.17 bits per heavy atom. The van der Waals surface area contributed by atoms with Crippen LogP contribution in [0.15, 0.2) is 30.3 Å². The summed E-state index contributed by atoms with van der Waals surface area (Å²) in [6.07, 6.45) is 0. The second kappa shape index (κ2) is 6.90. The Kier molecular flexibility index (Phi) is 5.29. The van der Waals surface area contributed by atoms with Crippen molar-refractivity contribution in [3.63, 3.8) is 0 Å². The van der Waals surface area contributed by atoms with E-state index in [9.17, 15) is 9.90 Å². The number of hydrogen-bond acceptors (Lipinski definition) is 3. The van der Waals surface area contributed by atoms with Crippen molar-refractivity contribution in [1.29, 1.82) is 5.26 Å². The monoisotopic (exact) mass is 382 g/mol. The number of carbonyl (C=O) groups excluding carboxylic acids is 1. The van der Waals surface area contributed by atoms with Crippen molar-refractivity contribution >= 4 is 46.4 Å². The van der Waals surface area contributed by atoms with E-state index in [0.717, 1.165) is 5.56 Å². The maximum Gasteiger partial charge on any atom is 0.261 e. The molecule has 0 unspecified atom stereocenters. The van der Waals surface area contributed by atoms with Gasteiger partial charge < -0.3 is 10.4 Å². The number of aromatic hydroxyl groups is 1. The lowest BCUT2D eigenvalue weighted by Crippen LogP contribution is -2.15. The van der Waals surface area contributed by atoms with Gasteiger partial charge in [0.15, 0.2) is 0 Å². The van der Waals surface area contributed by atoms with Crippen LogP contribution in [0.5, 0.6) is 5.75 Å². The van der Waals surface area contributed by atoms with Crippen molar-refractivity contribution in [2.24, 2.45) is 0 Å². The van der Waals surface area contributed by atoms with Crippen LogP contribution in [0.4, 0.5) is 5.69 Å². The van der Waals surface area contributed by atoms with Gasteiger partial charge in [-0.2, -0.15) is 5.26 Å². The molecule has 0 bridgehead atoms. The number of nitrogens with zero attached hydrogens (tertiary/aromatic N) is 1. The summed E-state index contributed by atoms with van der Waals surface area (Å²) in [7, 11) is 0. The molecule has 0 aliphatic carbocycles. The number of anilines is 1. The highest BCUT2D eigenvalue weighted by atomic mass is 35.5. The molecule has 124 valence electrons. The predicted molar refractivity (Wildman–Crippen MR) is 96.2 cm³/mol. The van der Waals surface area contributed by atoms with E-state index in [2.05, 4.69) is 11.4 Å². The summed E-state index contributed by atoms with van der Waals surface area (Å²) >= 11 is 17.7. The molecule has 0 aromatic heterocycles. The minimum absolute atomic E-state index is 0.0655. The third kappa shape index (κ3) is 3.59. The third-order valence-corrected chi connectivity index (χ3v) is 4.59. The molecule has 0 heterocycles. The summed E-state index contributed by atoms with van der Waals surface area (Å²) < 4.78 is 0.